The lowest BCUT2D eigenvalue weighted by Gasteiger charge is -2.18. The summed E-state index contributed by atoms with van der Waals surface area (Å²) in [7, 11) is 1.48. The summed E-state index contributed by atoms with van der Waals surface area (Å²) in [5.74, 6) is -0.779. The number of fused-ring (bicyclic) bond motifs is 1. The van der Waals surface area contributed by atoms with Crippen LogP contribution in [0.15, 0.2) is 60.9 Å². The molecule has 0 atom stereocenters. The van der Waals surface area contributed by atoms with Crippen molar-refractivity contribution in [3.05, 3.63) is 89.1 Å². The molecule has 0 spiro atoms. The van der Waals surface area contributed by atoms with E-state index < -0.39 is 11.8 Å². The molecule has 0 amide bonds. The van der Waals surface area contributed by atoms with Gasteiger partial charge in [-0.2, -0.15) is 5.10 Å². The predicted octanol–water partition coefficient (Wildman–Crippen LogP) is 6.00. The Labute approximate surface area is 212 Å². The number of halogens is 1. The number of nitrogens with zero attached hydrogens (tertiary/aromatic N) is 4. The second-order valence-corrected chi connectivity index (χ2v) is 8.68. The Kier molecular flexibility index (Phi) is 6.04. The molecule has 9 heteroatoms. The van der Waals surface area contributed by atoms with Crippen LogP contribution in [0.3, 0.4) is 0 Å². The third-order valence-electron chi connectivity index (χ3n) is 6.25. The Morgan fingerprint density at radius 2 is 1.70 bits per heavy atom. The fraction of sp³-hybridized carbons (Fsp3) is 0.143. The van der Waals surface area contributed by atoms with Crippen molar-refractivity contribution in [1.29, 1.82) is 0 Å². The van der Waals surface area contributed by atoms with Gasteiger partial charge in [0.15, 0.2) is 0 Å². The molecule has 2 N–H and O–H groups in total. The molecule has 0 aliphatic rings. The van der Waals surface area contributed by atoms with Crippen molar-refractivity contribution in [1.82, 2.24) is 19.7 Å². The molecule has 0 saturated carbocycles. The lowest BCUT2D eigenvalue weighted by molar-refractivity contribution is 0.0697. The molecule has 2 aromatic heterocycles. The maximum absolute atomic E-state index is 15.5. The van der Waals surface area contributed by atoms with E-state index in [1.54, 1.807) is 36.9 Å². The maximum Gasteiger partial charge on any atom is 0.337 e. The fourth-order valence-electron chi connectivity index (χ4n) is 4.44. The van der Waals surface area contributed by atoms with E-state index in [2.05, 4.69) is 15.3 Å². The van der Waals surface area contributed by atoms with Crippen molar-refractivity contribution in [3.8, 4) is 22.6 Å². The average Bonchev–Trinajstić information content (AvgIpc) is 3.19. The summed E-state index contributed by atoms with van der Waals surface area (Å²) in [5.41, 5.74) is 4.99. The van der Waals surface area contributed by atoms with Gasteiger partial charge < -0.3 is 15.2 Å². The first-order valence-electron chi connectivity index (χ1n) is 11.5. The summed E-state index contributed by atoms with van der Waals surface area (Å²) in [6.45, 7) is 5.52. The lowest BCUT2D eigenvalue weighted by atomic mass is 10.0. The number of carbonyl (C=O) groups is 1. The van der Waals surface area contributed by atoms with Crippen molar-refractivity contribution in [3.63, 3.8) is 0 Å². The minimum absolute atomic E-state index is 0.0165. The molecule has 3 aromatic carbocycles. The van der Waals surface area contributed by atoms with Gasteiger partial charge in [-0.15, -0.1) is 0 Å². The number of aromatic carboxylic acids is 1. The molecule has 5 rings (SSSR count). The maximum atomic E-state index is 15.5. The van der Waals surface area contributed by atoms with Crippen molar-refractivity contribution in [2.45, 2.75) is 20.8 Å². The number of hydrogen-bond acceptors (Lipinski definition) is 6. The predicted molar refractivity (Wildman–Crippen MR) is 140 cm³/mol. The number of carboxylic acid groups (broad SMARTS) is 1. The van der Waals surface area contributed by atoms with Crippen LogP contribution in [0.4, 0.5) is 15.9 Å². The molecule has 2 heterocycles. The van der Waals surface area contributed by atoms with E-state index in [-0.39, 0.29) is 11.1 Å². The van der Waals surface area contributed by atoms with Crippen LogP contribution in [0.2, 0.25) is 0 Å². The molecule has 0 unspecified atom stereocenters. The highest BCUT2D eigenvalue weighted by atomic mass is 19.1. The van der Waals surface area contributed by atoms with Crippen molar-refractivity contribution >= 4 is 28.5 Å². The number of methoxy groups -OCH3 is 1. The zero-order valence-corrected chi connectivity index (χ0v) is 20.7. The van der Waals surface area contributed by atoms with Crippen LogP contribution in [-0.4, -0.2) is 37.9 Å². The minimum atomic E-state index is -1.13. The summed E-state index contributed by atoms with van der Waals surface area (Å²) in [4.78, 5) is 20.7. The van der Waals surface area contributed by atoms with E-state index in [9.17, 15) is 9.90 Å². The quantitative estimate of drug-likeness (QED) is 0.297. The average molecular weight is 498 g/mol. The monoisotopic (exact) mass is 497 g/mol. The Morgan fingerprint density at radius 3 is 2.38 bits per heavy atom. The molecule has 0 fully saturated rings. The third kappa shape index (κ3) is 4.24. The molecule has 186 valence electrons. The Balaban J connectivity index is 1.81. The third-order valence-corrected chi connectivity index (χ3v) is 6.25. The second-order valence-electron chi connectivity index (χ2n) is 8.68. The van der Waals surface area contributed by atoms with Gasteiger partial charge in [-0.1, -0.05) is 18.2 Å². The van der Waals surface area contributed by atoms with Gasteiger partial charge >= 0.3 is 5.97 Å². The summed E-state index contributed by atoms with van der Waals surface area (Å²) < 4.78 is 22.5. The number of rotatable bonds is 6. The molecule has 0 aliphatic heterocycles. The highest BCUT2D eigenvalue weighted by Gasteiger charge is 2.25. The van der Waals surface area contributed by atoms with E-state index in [1.165, 1.54) is 25.4 Å². The van der Waals surface area contributed by atoms with E-state index in [0.29, 0.717) is 45.1 Å². The number of ether oxygens (including phenoxy) is 1. The van der Waals surface area contributed by atoms with Crippen LogP contribution < -0.4 is 10.1 Å². The molecule has 8 nitrogen and oxygen atoms in total. The lowest BCUT2D eigenvalue weighted by Crippen LogP contribution is -2.10. The van der Waals surface area contributed by atoms with Gasteiger partial charge in [0.25, 0.3) is 0 Å². The van der Waals surface area contributed by atoms with Crippen molar-refractivity contribution < 1.29 is 19.0 Å². The smallest absolute Gasteiger partial charge is 0.337 e. The molecule has 0 bridgehead atoms. The van der Waals surface area contributed by atoms with Gasteiger partial charge in [-0.05, 0) is 56.2 Å². The topological polar surface area (TPSA) is 102 Å². The van der Waals surface area contributed by atoms with Crippen LogP contribution in [0.5, 0.6) is 5.75 Å². The molecular weight excluding hydrogens is 473 g/mol. The molecule has 37 heavy (non-hydrogen) atoms. The molecule has 0 saturated heterocycles. The second kappa shape index (κ2) is 9.34. The SMILES string of the molecule is COc1cc(C)c(Nc2c(-c3cc4nccnc4cc3F)c(C)nn2-c2ccccc2C)c(C(=O)O)c1. The summed E-state index contributed by atoms with van der Waals surface area (Å²) in [5, 5.41) is 18.0. The van der Waals surface area contributed by atoms with Crippen LogP contribution in [0.25, 0.3) is 27.8 Å². The highest BCUT2D eigenvalue weighted by Crippen LogP contribution is 2.40. The summed E-state index contributed by atoms with van der Waals surface area (Å²) in [6, 6.07) is 13.8. The first-order valence-corrected chi connectivity index (χ1v) is 11.5. The normalized spacial score (nSPS) is 11.1. The largest absolute Gasteiger partial charge is 0.497 e. The molecule has 0 radical (unpaired) electrons. The molecular formula is C28H24FN5O3. The van der Waals surface area contributed by atoms with Gasteiger partial charge in [-0.25, -0.2) is 13.9 Å². The zero-order valence-electron chi connectivity index (χ0n) is 20.7. The number of anilines is 2. The van der Waals surface area contributed by atoms with Gasteiger partial charge in [0, 0.05) is 24.0 Å². The first-order chi connectivity index (χ1) is 17.8. The van der Waals surface area contributed by atoms with E-state index in [4.69, 9.17) is 9.84 Å². The van der Waals surface area contributed by atoms with Crippen LogP contribution in [0.1, 0.15) is 27.2 Å². The fourth-order valence-corrected chi connectivity index (χ4v) is 4.44. The highest BCUT2D eigenvalue weighted by molar-refractivity contribution is 5.98. The van der Waals surface area contributed by atoms with Crippen LogP contribution in [-0.2, 0) is 0 Å². The van der Waals surface area contributed by atoms with Crippen LogP contribution >= 0.6 is 0 Å². The van der Waals surface area contributed by atoms with Gasteiger partial charge in [0.1, 0.15) is 17.4 Å². The van der Waals surface area contributed by atoms with Gasteiger partial charge in [-0.3, -0.25) is 9.97 Å². The van der Waals surface area contributed by atoms with E-state index in [0.717, 1.165) is 11.3 Å². The van der Waals surface area contributed by atoms with Crippen molar-refractivity contribution in [2.24, 2.45) is 0 Å². The number of aromatic nitrogens is 4. The Hall–Kier alpha value is -4.79. The number of para-hydroxylation sites is 1. The Morgan fingerprint density at radius 1 is 1.00 bits per heavy atom. The van der Waals surface area contributed by atoms with E-state index >= 15 is 4.39 Å². The Bertz CT molecular complexity index is 1680. The van der Waals surface area contributed by atoms with Gasteiger partial charge in [0.2, 0.25) is 0 Å². The zero-order chi connectivity index (χ0) is 26.3. The molecule has 5 aromatic rings. The molecule has 0 aliphatic carbocycles. The first kappa shape index (κ1) is 23.9. The van der Waals surface area contributed by atoms with Crippen LogP contribution in [0, 0.1) is 26.6 Å². The minimum Gasteiger partial charge on any atom is -0.497 e. The summed E-state index contributed by atoms with van der Waals surface area (Å²) >= 11 is 0. The summed E-state index contributed by atoms with van der Waals surface area (Å²) in [6.07, 6.45) is 3.06. The van der Waals surface area contributed by atoms with Gasteiger partial charge in [0.05, 0.1) is 46.3 Å². The number of aryl methyl sites for hydroxylation is 3. The standard InChI is InChI=1S/C28H24FN5O3/c1-15-7-5-6-8-24(15)34-27(32-26-16(2)11-18(37-4)12-20(26)28(35)36)25(17(3)33-34)19-13-22-23(14-21(19)29)31-10-9-30-22/h5-14,32H,1-4H3,(H,35,36). The van der Waals surface area contributed by atoms with E-state index in [1.807, 2.05) is 31.2 Å². The number of nitrogens with one attached hydrogen (secondary N) is 1. The number of carboxylic acids is 1. The number of hydrogen-bond donors (Lipinski definition) is 2. The number of benzene rings is 3. The van der Waals surface area contributed by atoms with Crippen molar-refractivity contribution in [2.75, 3.05) is 12.4 Å².